The van der Waals surface area contributed by atoms with Crippen LogP contribution in [0.25, 0.3) is 11.0 Å². The number of nitrogens with one attached hydrogen (secondary N) is 2. The van der Waals surface area contributed by atoms with Gasteiger partial charge in [0.1, 0.15) is 34.7 Å². The molecule has 3 aromatic carbocycles. The number of fused-ring (bicyclic) bond motifs is 2. The molecular weight excluding hydrogens is 488 g/mol. The van der Waals surface area contributed by atoms with Crippen LogP contribution < -0.4 is 19.5 Å². The molecule has 35 heavy (non-hydrogen) atoms. The molecule has 0 saturated carbocycles. The van der Waals surface area contributed by atoms with Crippen LogP contribution in [0.4, 0.5) is 0 Å². The predicted octanol–water partition coefficient (Wildman–Crippen LogP) is 2.54. The van der Waals surface area contributed by atoms with Crippen molar-refractivity contribution in [3.05, 3.63) is 78.4 Å². The van der Waals surface area contributed by atoms with Crippen molar-refractivity contribution >= 4 is 38.7 Å². The predicted molar refractivity (Wildman–Crippen MR) is 131 cm³/mol. The maximum Gasteiger partial charge on any atom is 0.243 e. The minimum atomic E-state index is -4.07. The molecule has 0 unspecified atom stereocenters. The van der Waals surface area contributed by atoms with E-state index in [9.17, 15) is 13.2 Å². The molecule has 9 nitrogen and oxygen atoms in total. The number of nitrogens with zero attached hydrogens (tertiary/aromatic N) is 2. The summed E-state index contributed by atoms with van der Waals surface area (Å²) in [6.45, 7) is 0.428. The largest absolute Gasteiger partial charge is 0.486 e. The van der Waals surface area contributed by atoms with Crippen LogP contribution in [0.5, 0.6) is 11.5 Å². The Hall–Kier alpha value is -3.54. The van der Waals surface area contributed by atoms with E-state index < -0.39 is 28.1 Å². The number of ether oxygens (including phenoxy) is 2. The molecule has 0 aliphatic carbocycles. The Bertz CT molecular complexity index is 1440. The van der Waals surface area contributed by atoms with Crippen molar-refractivity contribution in [3.8, 4) is 11.5 Å². The molecule has 180 valence electrons. The standard InChI is InChI=1S/C24H22N4O5S2/c29-24(25-14-17-15-32-20-10-4-5-11-21(20)33-17)19(13-16-7-2-1-3-8-16)28-35(30,31)22-12-6-9-18-23(22)27-34-26-18/h1-12,17,19,28H,13-15H2,(H,25,29)/t17-,19+/m1/s1. The molecule has 0 radical (unpaired) electrons. The normalized spacial score (nSPS) is 16.1. The van der Waals surface area contributed by atoms with Crippen LogP contribution in [0, 0.1) is 0 Å². The number of hydrogen-bond acceptors (Lipinski definition) is 8. The third-order valence-electron chi connectivity index (χ3n) is 5.51. The Balaban J connectivity index is 1.33. The Morgan fingerprint density at radius 3 is 2.60 bits per heavy atom. The summed E-state index contributed by atoms with van der Waals surface area (Å²) in [6.07, 6.45) is -0.236. The molecule has 2 heterocycles. The van der Waals surface area contributed by atoms with Gasteiger partial charge >= 0.3 is 0 Å². The van der Waals surface area contributed by atoms with Gasteiger partial charge < -0.3 is 14.8 Å². The van der Waals surface area contributed by atoms with E-state index in [0.717, 1.165) is 17.3 Å². The zero-order chi connectivity index (χ0) is 24.3. The number of amides is 1. The van der Waals surface area contributed by atoms with Crippen molar-refractivity contribution in [3.63, 3.8) is 0 Å². The van der Waals surface area contributed by atoms with Crippen LogP contribution in [0.1, 0.15) is 5.56 Å². The Morgan fingerprint density at radius 1 is 1.00 bits per heavy atom. The first-order valence-electron chi connectivity index (χ1n) is 10.9. The van der Waals surface area contributed by atoms with E-state index in [1.54, 1.807) is 18.2 Å². The zero-order valence-corrected chi connectivity index (χ0v) is 20.1. The first-order chi connectivity index (χ1) is 17.0. The van der Waals surface area contributed by atoms with Gasteiger partial charge in [0.25, 0.3) is 0 Å². The van der Waals surface area contributed by atoms with E-state index in [1.807, 2.05) is 48.5 Å². The fraction of sp³-hybridized carbons (Fsp3) is 0.208. The lowest BCUT2D eigenvalue weighted by molar-refractivity contribution is -0.123. The summed E-state index contributed by atoms with van der Waals surface area (Å²) in [5.74, 6) is 0.781. The van der Waals surface area contributed by atoms with E-state index in [4.69, 9.17) is 9.47 Å². The molecule has 0 spiro atoms. The van der Waals surface area contributed by atoms with E-state index in [0.29, 0.717) is 17.0 Å². The third kappa shape index (κ3) is 5.26. The molecule has 1 aliphatic rings. The van der Waals surface area contributed by atoms with Crippen molar-refractivity contribution in [2.24, 2.45) is 0 Å². The van der Waals surface area contributed by atoms with Crippen molar-refractivity contribution < 1.29 is 22.7 Å². The van der Waals surface area contributed by atoms with Gasteiger partial charge in [0.2, 0.25) is 15.9 Å². The average Bonchev–Trinajstić information content (AvgIpc) is 3.36. The zero-order valence-electron chi connectivity index (χ0n) is 18.5. The summed E-state index contributed by atoms with van der Waals surface area (Å²) in [6, 6.07) is 20.2. The SMILES string of the molecule is O=C(NC[C@@H]1COc2ccccc2O1)[C@H](Cc1ccccc1)NS(=O)(=O)c1cccc2nsnc12. The first kappa shape index (κ1) is 23.2. The number of hydrogen-bond donors (Lipinski definition) is 2. The Kier molecular flexibility index (Phi) is 6.62. The summed E-state index contributed by atoms with van der Waals surface area (Å²) in [4.78, 5) is 13.2. The lowest BCUT2D eigenvalue weighted by Gasteiger charge is -2.27. The van der Waals surface area contributed by atoms with Crippen LogP contribution >= 0.6 is 11.7 Å². The number of carbonyl (C=O) groups excluding carboxylic acids is 1. The second-order valence-corrected chi connectivity index (χ2v) is 10.2. The van der Waals surface area contributed by atoms with Gasteiger partial charge in [0.05, 0.1) is 18.3 Å². The molecule has 0 saturated heterocycles. The quantitative estimate of drug-likeness (QED) is 0.374. The second kappa shape index (κ2) is 9.98. The second-order valence-electron chi connectivity index (χ2n) is 7.99. The molecule has 0 fully saturated rings. The number of carbonyl (C=O) groups is 1. The maximum absolute atomic E-state index is 13.3. The van der Waals surface area contributed by atoms with Gasteiger partial charge in [-0.05, 0) is 36.2 Å². The molecule has 0 bridgehead atoms. The van der Waals surface area contributed by atoms with Crippen LogP contribution in [0.3, 0.4) is 0 Å². The monoisotopic (exact) mass is 510 g/mol. The molecule has 2 atom stereocenters. The minimum absolute atomic E-state index is 0.0183. The average molecular weight is 511 g/mol. The summed E-state index contributed by atoms with van der Waals surface area (Å²) < 4.78 is 49.0. The molecule has 4 aromatic rings. The van der Waals surface area contributed by atoms with Crippen molar-refractivity contribution in [2.75, 3.05) is 13.2 Å². The fourth-order valence-corrected chi connectivity index (χ4v) is 5.75. The first-order valence-corrected chi connectivity index (χ1v) is 13.1. The van der Waals surface area contributed by atoms with E-state index in [2.05, 4.69) is 18.8 Å². The van der Waals surface area contributed by atoms with Gasteiger partial charge in [-0.1, -0.05) is 48.5 Å². The summed E-state index contributed by atoms with van der Waals surface area (Å²) in [5, 5.41) is 2.81. The van der Waals surface area contributed by atoms with Crippen LogP contribution in [-0.4, -0.2) is 48.4 Å². The highest BCUT2D eigenvalue weighted by atomic mass is 32.2. The van der Waals surface area contributed by atoms with E-state index in [1.165, 1.54) is 6.07 Å². The Labute approximate surface area is 206 Å². The highest BCUT2D eigenvalue weighted by molar-refractivity contribution is 7.89. The van der Waals surface area contributed by atoms with Crippen LogP contribution in [0.15, 0.2) is 77.7 Å². The molecule has 2 N–H and O–H groups in total. The molecule has 1 amide bonds. The molecule has 1 aromatic heterocycles. The van der Waals surface area contributed by atoms with Crippen molar-refractivity contribution in [2.45, 2.75) is 23.5 Å². The highest BCUT2D eigenvalue weighted by Gasteiger charge is 2.29. The maximum atomic E-state index is 13.3. The number of para-hydroxylation sites is 2. The lowest BCUT2D eigenvalue weighted by Crippen LogP contribution is -2.50. The van der Waals surface area contributed by atoms with Crippen LogP contribution in [0.2, 0.25) is 0 Å². The van der Waals surface area contributed by atoms with Crippen molar-refractivity contribution in [1.29, 1.82) is 0 Å². The molecule has 5 rings (SSSR count). The lowest BCUT2D eigenvalue weighted by atomic mass is 10.1. The van der Waals surface area contributed by atoms with Gasteiger partial charge in [-0.25, -0.2) is 8.42 Å². The number of rotatable bonds is 8. The molecular formula is C24H22N4O5S2. The van der Waals surface area contributed by atoms with Gasteiger partial charge in [0, 0.05) is 0 Å². The number of aromatic nitrogens is 2. The minimum Gasteiger partial charge on any atom is -0.486 e. The third-order valence-corrected chi connectivity index (χ3v) is 7.55. The fourth-order valence-electron chi connectivity index (χ4n) is 3.79. The topological polar surface area (TPSA) is 120 Å². The van der Waals surface area contributed by atoms with Crippen LogP contribution in [-0.2, 0) is 21.2 Å². The Morgan fingerprint density at radius 2 is 1.77 bits per heavy atom. The number of sulfonamides is 1. The van der Waals surface area contributed by atoms with E-state index >= 15 is 0 Å². The van der Waals surface area contributed by atoms with Gasteiger partial charge in [0.15, 0.2) is 11.5 Å². The van der Waals surface area contributed by atoms with E-state index in [-0.39, 0.29) is 30.0 Å². The number of benzene rings is 3. The highest BCUT2D eigenvalue weighted by Crippen LogP contribution is 2.30. The van der Waals surface area contributed by atoms with Gasteiger partial charge in [-0.2, -0.15) is 13.5 Å². The summed E-state index contributed by atoms with van der Waals surface area (Å²) in [7, 11) is -4.07. The van der Waals surface area contributed by atoms with Gasteiger partial charge in [-0.15, -0.1) is 0 Å². The summed E-state index contributed by atoms with van der Waals surface area (Å²) in [5.41, 5.74) is 1.57. The van der Waals surface area contributed by atoms with Crippen molar-refractivity contribution in [1.82, 2.24) is 18.8 Å². The summed E-state index contributed by atoms with van der Waals surface area (Å²) >= 11 is 0.933. The molecule has 1 aliphatic heterocycles. The molecule has 11 heteroatoms. The van der Waals surface area contributed by atoms with Gasteiger partial charge in [-0.3, -0.25) is 4.79 Å². The smallest absolute Gasteiger partial charge is 0.243 e.